The molecule has 19 heteroatoms. The van der Waals surface area contributed by atoms with Crippen molar-refractivity contribution in [3.8, 4) is 45.5 Å². The molecule has 0 amide bonds. The number of ether oxygens (including phenoxy) is 4. The van der Waals surface area contributed by atoms with E-state index in [2.05, 4.69) is 63.2 Å². The number of halogens is 2. The van der Waals surface area contributed by atoms with Gasteiger partial charge in [-0.2, -0.15) is 0 Å². The Morgan fingerprint density at radius 2 is 1.15 bits per heavy atom. The minimum absolute atomic E-state index is 0.124. The quantitative estimate of drug-likeness (QED) is 0.0827. The number of aromatic amines is 2. The second-order valence-electron chi connectivity index (χ2n) is 17.3. The van der Waals surface area contributed by atoms with Gasteiger partial charge in [0.2, 0.25) is 11.1 Å². The van der Waals surface area contributed by atoms with Crippen LogP contribution in [0.1, 0.15) is 38.4 Å². The number of carbonyl (C=O) groups excluding carboxylic acids is 1. The van der Waals surface area contributed by atoms with Crippen molar-refractivity contribution < 1.29 is 23.7 Å². The van der Waals surface area contributed by atoms with Gasteiger partial charge in [0.25, 0.3) is 0 Å². The SMILES string of the molecule is Nc1ccc2c(c1)Cc1cccc(-c3cc(N4CCOCC4)cc(=O)[nH]3)c1O2.O=Cc1cncc(Cl)n1.O=c1cc(N2CCOCC2)cc(-c2cccc3c2Oc2ccc(NCc4cncc(Cl)n4)cc2C3)[nH]1. The van der Waals surface area contributed by atoms with Gasteiger partial charge in [0.15, 0.2) is 6.29 Å². The third-order valence-corrected chi connectivity index (χ3v) is 12.8. The molecular formula is C54H48Cl2N10O7. The van der Waals surface area contributed by atoms with Crippen molar-refractivity contribution in [2.45, 2.75) is 19.4 Å². The molecule has 2 fully saturated rings. The maximum absolute atomic E-state index is 12.5. The van der Waals surface area contributed by atoms with Gasteiger partial charge in [-0.25, -0.2) is 9.97 Å². The second kappa shape index (κ2) is 22.1. The molecule has 8 heterocycles. The summed E-state index contributed by atoms with van der Waals surface area (Å²) in [6, 6.07) is 31.1. The number of hydrogen-bond donors (Lipinski definition) is 4. The van der Waals surface area contributed by atoms with Crippen molar-refractivity contribution in [1.29, 1.82) is 0 Å². The maximum Gasteiger partial charge on any atom is 0.250 e. The summed E-state index contributed by atoms with van der Waals surface area (Å²) in [4.78, 5) is 60.8. The van der Waals surface area contributed by atoms with Gasteiger partial charge in [-0.05, 0) is 71.8 Å². The normalized spacial score (nSPS) is 14.2. The Morgan fingerprint density at radius 1 is 0.616 bits per heavy atom. The molecule has 0 aliphatic carbocycles. The van der Waals surface area contributed by atoms with Crippen LogP contribution in [-0.4, -0.2) is 88.8 Å². The number of nitrogens with one attached hydrogen (secondary N) is 3. The van der Waals surface area contributed by atoms with Gasteiger partial charge in [0.1, 0.15) is 39.0 Å². The number of aromatic nitrogens is 6. The number of H-pyrrole nitrogens is 2. The first kappa shape index (κ1) is 48.5. The zero-order valence-electron chi connectivity index (χ0n) is 39.3. The third kappa shape index (κ3) is 11.7. The average molecular weight is 1020 g/mol. The molecule has 0 unspecified atom stereocenters. The van der Waals surface area contributed by atoms with Gasteiger partial charge in [-0.15, -0.1) is 0 Å². The standard InChI is InChI=1S/C27H24ClN5O3.C22H21N3O3.C5H3ClN2O/c28-25-16-29-14-20(31-25)15-30-19-4-5-24-18(11-19)10-17-2-1-3-22(27(17)36-24)23-12-21(13-26(34)32-23)33-6-8-35-9-7-33;23-16-4-5-20-15(11-16)10-14-2-1-3-18(22(14)28-20)19-12-17(13-21(26)24-19)25-6-8-27-9-7-25;6-5-2-7-1-4(3-9)8-5/h1-5,11-14,16,30H,6-10,15H2,(H,32,34);1-5,11-13H,6-10,23H2,(H,24,26);1-3H. The third-order valence-electron chi connectivity index (χ3n) is 12.4. The molecule has 0 radical (unpaired) electrons. The van der Waals surface area contributed by atoms with E-state index in [-0.39, 0.29) is 22.0 Å². The fourth-order valence-corrected chi connectivity index (χ4v) is 9.25. The molecule has 8 aromatic rings. The number of aldehydes is 1. The van der Waals surface area contributed by atoms with Gasteiger partial charge in [0.05, 0.1) is 74.8 Å². The number of hydrogen-bond acceptors (Lipinski definition) is 15. The van der Waals surface area contributed by atoms with Crippen LogP contribution in [0.3, 0.4) is 0 Å². The summed E-state index contributed by atoms with van der Waals surface area (Å²) in [5, 5.41) is 3.98. The first-order valence-corrected chi connectivity index (χ1v) is 24.3. The van der Waals surface area contributed by atoms with E-state index in [1.807, 2.05) is 66.7 Å². The number of para-hydroxylation sites is 2. The minimum Gasteiger partial charge on any atom is -0.456 e. The van der Waals surface area contributed by atoms with E-state index in [9.17, 15) is 14.4 Å². The Kier molecular flexibility index (Phi) is 14.7. The van der Waals surface area contributed by atoms with E-state index in [1.165, 1.54) is 18.6 Å². The first-order valence-electron chi connectivity index (χ1n) is 23.5. The molecular weight excluding hydrogens is 972 g/mol. The second-order valence-corrected chi connectivity index (χ2v) is 18.1. The fourth-order valence-electron chi connectivity index (χ4n) is 8.93. The molecule has 0 saturated carbocycles. The lowest BCUT2D eigenvalue weighted by Gasteiger charge is -2.29. The number of nitrogens with two attached hydrogens (primary N) is 1. The molecule has 4 aromatic carbocycles. The summed E-state index contributed by atoms with van der Waals surface area (Å²) in [7, 11) is 0. The van der Waals surface area contributed by atoms with Crippen molar-refractivity contribution in [3.63, 3.8) is 0 Å². The van der Waals surface area contributed by atoms with Crippen LogP contribution in [0.2, 0.25) is 10.3 Å². The van der Waals surface area contributed by atoms with Gasteiger partial charge in [-0.1, -0.05) is 47.5 Å². The van der Waals surface area contributed by atoms with E-state index >= 15 is 0 Å². The number of fused-ring (bicyclic) bond motifs is 4. The highest BCUT2D eigenvalue weighted by Gasteiger charge is 2.24. The first-order chi connectivity index (χ1) is 35.6. The summed E-state index contributed by atoms with van der Waals surface area (Å²) < 4.78 is 23.5. The summed E-state index contributed by atoms with van der Waals surface area (Å²) >= 11 is 11.3. The van der Waals surface area contributed by atoms with Crippen LogP contribution in [0, 0.1) is 0 Å². The number of anilines is 4. The van der Waals surface area contributed by atoms with Crippen molar-refractivity contribution >= 4 is 52.2 Å². The Balaban J connectivity index is 0.000000146. The predicted molar refractivity (Wildman–Crippen MR) is 281 cm³/mol. The molecule has 4 aromatic heterocycles. The molecule has 4 aliphatic heterocycles. The molecule has 0 spiro atoms. The molecule has 0 atom stereocenters. The van der Waals surface area contributed by atoms with Crippen LogP contribution in [0.15, 0.2) is 131 Å². The van der Waals surface area contributed by atoms with Crippen LogP contribution in [-0.2, 0) is 28.9 Å². The molecule has 0 bridgehead atoms. The van der Waals surface area contributed by atoms with Gasteiger partial charge in [0, 0.05) is 96.2 Å². The van der Waals surface area contributed by atoms with Crippen LogP contribution >= 0.6 is 23.2 Å². The number of carbonyl (C=O) groups is 1. The van der Waals surface area contributed by atoms with Crippen molar-refractivity contribution in [2.75, 3.05) is 73.5 Å². The Morgan fingerprint density at radius 3 is 1.68 bits per heavy atom. The number of nitrogen functional groups attached to an aromatic ring is 1. The fraction of sp³-hybridized carbons (Fsp3) is 0.204. The zero-order chi connectivity index (χ0) is 50.3. The summed E-state index contributed by atoms with van der Waals surface area (Å²) in [6.07, 6.45) is 7.99. The van der Waals surface area contributed by atoms with E-state index in [0.29, 0.717) is 44.4 Å². The Hall–Kier alpha value is -8.09. The molecule has 370 valence electrons. The van der Waals surface area contributed by atoms with Crippen molar-refractivity contribution in [2.24, 2.45) is 0 Å². The lowest BCUT2D eigenvalue weighted by molar-refractivity contribution is 0.111. The average Bonchev–Trinajstić information content (AvgIpc) is 3.41. The van der Waals surface area contributed by atoms with E-state index < -0.39 is 0 Å². The number of morpholine rings is 2. The number of benzene rings is 4. The van der Waals surface area contributed by atoms with Gasteiger partial charge in [-0.3, -0.25) is 24.4 Å². The topological polar surface area (TPSA) is 216 Å². The smallest absolute Gasteiger partial charge is 0.250 e. The largest absolute Gasteiger partial charge is 0.456 e. The van der Waals surface area contributed by atoms with Gasteiger partial charge >= 0.3 is 0 Å². The molecule has 4 aliphatic rings. The molecule has 17 nitrogen and oxygen atoms in total. The highest BCUT2D eigenvalue weighted by molar-refractivity contribution is 6.29. The Bertz CT molecular complexity index is 3430. The molecule has 2 saturated heterocycles. The summed E-state index contributed by atoms with van der Waals surface area (Å²) in [6.45, 7) is 6.26. The summed E-state index contributed by atoms with van der Waals surface area (Å²) in [5.41, 5.74) is 17.7. The highest BCUT2D eigenvalue weighted by Crippen LogP contribution is 2.45. The van der Waals surface area contributed by atoms with E-state index in [4.69, 9.17) is 47.9 Å². The lowest BCUT2D eigenvalue weighted by atomic mass is 9.96. The number of nitrogens with zero attached hydrogens (tertiary/aromatic N) is 6. The van der Waals surface area contributed by atoms with Gasteiger partial charge < -0.3 is 49.8 Å². The zero-order valence-corrected chi connectivity index (χ0v) is 40.8. The van der Waals surface area contributed by atoms with Crippen molar-refractivity contribution in [3.05, 3.63) is 187 Å². The van der Waals surface area contributed by atoms with E-state index in [1.54, 1.807) is 18.3 Å². The minimum atomic E-state index is -0.136. The highest BCUT2D eigenvalue weighted by atomic mass is 35.5. The van der Waals surface area contributed by atoms with E-state index in [0.717, 1.165) is 135 Å². The molecule has 73 heavy (non-hydrogen) atoms. The Labute approximate surface area is 428 Å². The maximum atomic E-state index is 12.5. The number of rotatable bonds is 8. The summed E-state index contributed by atoms with van der Waals surface area (Å²) in [5.74, 6) is 3.17. The van der Waals surface area contributed by atoms with Crippen LogP contribution in [0.5, 0.6) is 23.0 Å². The lowest BCUT2D eigenvalue weighted by Crippen LogP contribution is -2.36. The van der Waals surface area contributed by atoms with Crippen molar-refractivity contribution in [1.82, 2.24) is 29.9 Å². The predicted octanol–water partition coefficient (Wildman–Crippen LogP) is 8.73. The monoisotopic (exact) mass is 1020 g/mol. The molecule has 12 rings (SSSR count). The van der Waals surface area contributed by atoms with Crippen LogP contribution < -0.4 is 41.4 Å². The van der Waals surface area contributed by atoms with Crippen LogP contribution in [0.4, 0.5) is 22.7 Å². The number of pyridine rings is 2. The molecule has 5 N–H and O–H groups in total. The van der Waals surface area contributed by atoms with Crippen LogP contribution in [0.25, 0.3) is 22.5 Å².